The molecule has 0 bridgehead atoms. The van der Waals surface area contributed by atoms with Crippen molar-refractivity contribution in [1.29, 1.82) is 0 Å². The van der Waals surface area contributed by atoms with Crippen LogP contribution in [-0.2, 0) is 62.2 Å². The summed E-state index contributed by atoms with van der Waals surface area (Å²) in [5.74, 6) is -5.06. The topological polar surface area (TPSA) is 451 Å². The second-order valence-electron chi connectivity index (χ2n) is 29.2. The van der Waals surface area contributed by atoms with E-state index in [1.54, 1.807) is 60.6 Å². The van der Waals surface area contributed by atoms with Gasteiger partial charge in [-0.1, -0.05) is 69.7 Å². The lowest BCUT2D eigenvalue weighted by Crippen LogP contribution is -2.75. The smallest absolute Gasteiger partial charge is 0.328 e. The zero-order valence-electron chi connectivity index (χ0n) is 59.7. The van der Waals surface area contributed by atoms with Gasteiger partial charge in [-0.05, 0) is 94.8 Å². The van der Waals surface area contributed by atoms with Crippen LogP contribution in [0.25, 0.3) is 43.4 Å². The summed E-state index contributed by atoms with van der Waals surface area (Å²) in [5.41, 5.74) is 4.62. The quantitative estimate of drug-likeness (QED) is 0.0413. The minimum Gasteiger partial charge on any atom is -0.372 e. The Labute approximate surface area is 632 Å². The molecule has 12 aliphatic heterocycles. The fourth-order valence-electron chi connectivity index (χ4n) is 18.3. The highest BCUT2D eigenvalue weighted by atomic mass is 32.2. The van der Waals surface area contributed by atoms with Crippen LogP contribution in [0, 0.1) is 33.7 Å². The van der Waals surface area contributed by atoms with Crippen LogP contribution in [0.1, 0.15) is 84.9 Å². The molecule has 36 nitrogen and oxygen atoms in total. The van der Waals surface area contributed by atoms with E-state index < -0.39 is 124 Å². The van der Waals surface area contributed by atoms with E-state index in [4.69, 9.17) is 33.3 Å². The number of urea groups is 3. The molecule has 18 rings (SSSR count). The van der Waals surface area contributed by atoms with Crippen molar-refractivity contribution in [3.8, 4) is 0 Å². The van der Waals surface area contributed by atoms with Crippen molar-refractivity contribution in [3.63, 3.8) is 0 Å². The lowest BCUT2D eigenvalue weighted by atomic mass is 9.66. The summed E-state index contributed by atoms with van der Waals surface area (Å²) in [4.78, 5) is 166. The van der Waals surface area contributed by atoms with Crippen LogP contribution in [0.15, 0.2) is 36.9 Å². The van der Waals surface area contributed by atoms with Gasteiger partial charge in [0.1, 0.15) is 0 Å². The maximum atomic E-state index is 16.2. The van der Waals surface area contributed by atoms with E-state index in [9.17, 15) is 57.5 Å². The molecule has 6 aromatic rings. The Kier molecular flexibility index (Phi) is 18.2. The van der Waals surface area contributed by atoms with Crippen molar-refractivity contribution in [1.82, 2.24) is 47.4 Å². The predicted octanol–water partition coefficient (Wildman–Crippen LogP) is 6.83. The van der Waals surface area contributed by atoms with E-state index in [0.717, 1.165) is 35.3 Å². The summed E-state index contributed by atoms with van der Waals surface area (Å²) in [6.07, 6.45) is -2.11. The number of carbonyl (C=O) groups excluding carboxylic acids is 12. The summed E-state index contributed by atoms with van der Waals surface area (Å²) in [7, 11) is 0. The number of nitrogens with one attached hydrogen (secondary N) is 6. The van der Waals surface area contributed by atoms with Crippen LogP contribution in [-0.4, -0.2) is 201 Å². The van der Waals surface area contributed by atoms with Gasteiger partial charge in [-0.15, -0.1) is 0 Å². The Morgan fingerprint density at radius 2 is 0.809 bits per heavy atom. The highest BCUT2D eigenvalue weighted by Crippen LogP contribution is 2.55. The molecular formula is C68H69F3N18O18S3. The third-order valence-electron chi connectivity index (χ3n) is 22.6. The van der Waals surface area contributed by atoms with E-state index in [0.29, 0.717) is 41.0 Å². The van der Waals surface area contributed by atoms with Gasteiger partial charge in [-0.2, -0.15) is 0 Å². The number of barbiturate groups is 3. The largest absolute Gasteiger partial charge is 0.372 e. The lowest BCUT2D eigenvalue weighted by molar-refractivity contribution is -0.154. The minimum atomic E-state index is -1.78. The zero-order chi connectivity index (χ0) is 78.0. The number of amides is 15. The lowest BCUT2D eigenvalue weighted by Gasteiger charge is -2.55. The fourth-order valence-corrected chi connectivity index (χ4v) is 21.4. The first-order chi connectivity index (χ1) is 52.5. The first kappa shape index (κ1) is 73.9. The number of hydrogen-bond donors (Lipinski definition) is 6. The third kappa shape index (κ3) is 11.0. The number of azide groups is 1. The molecule has 9 fully saturated rings. The van der Waals surface area contributed by atoms with Gasteiger partial charge in [-0.25, -0.2) is 27.6 Å². The molecule has 12 atom stereocenters. The Morgan fingerprint density at radius 1 is 0.491 bits per heavy atom. The maximum absolute atomic E-state index is 16.2. The van der Waals surface area contributed by atoms with Crippen LogP contribution in [0.2, 0.25) is 0 Å². The highest BCUT2D eigenvalue weighted by molar-refractivity contribution is 8.15. The average Bonchev–Trinajstić information content (AvgIpc) is 1.10. The number of imide groups is 6. The van der Waals surface area contributed by atoms with Gasteiger partial charge in [0.25, 0.3) is 15.7 Å². The molecule has 12 aliphatic rings. The van der Waals surface area contributed by atoms with Crippen LogP contribution in [0.4, 0.5) is 76.5 Å². The molecule has 3 aromatic carbocycles. The Hall–Kier alpha value is -10.3. The van der Waals surface area contributed by atoms with Gasteiger partial charge in [-0.3, -0.25) is 89.8 Å². The molecule has 9 saturated heterocycles. The number of carbonyl (C=O) groups is 12. The summed E-state index contributed by atoms with van der Waals surface area (Å²) >= 11 is 3.30. The number of fused-ring (bicyclic) bond motifs is 15. The maximum Gasteiger partial charge on any atom is 0.328 e. The van der Waals surface area contributed by atoms with Crippen molar-refractivity contribution in [2.45, 2.75) is 160 Å². The van der Waals surface area contributed by atoms with Crippen LogP contribution in [0.5, 0.6) is 0 Å². The number of thioether (sulfide) groups is 3. The molecule has 42 heteroatoms. The number of rotatable bonds is 7. The van der Waals surface area contributed by atoms with Gasteiger partial charge >= 0.3 is 18.1 Å². The summed E-state index contributed by atoms with van der Waals surface area (Å²) in [6.45, 7) is 15.3. The molecule has 3 aromatic heterocycles. The zero-order valence-corrected chi connectivity index (χ0v) is 62.2. The van der Waals surface area contributed by atoms with Crippen LogP contribution in [0.3, 0.4) is 0 Å². The van der Waals surface area contributed by atoms with Gasteiger partial charge < -0.3 is 42.5 Å². The van der Waals surface area contributed by atoms with Crippen molar-refractivity contribution >= 4 is 172 Å². The second-order valence-corrected chi connectivity index (χ2v) is 32.4. The number of halogens is 3. The molecule has 3 spiro atoms. The number of anilines is 6. The molecule has 6 N–H and O–H groups in total. The van der Waals surface area contributed by atoms with Crippen molar-refractivity contribution in [2.24, 2.45) is 21.4 Å². The van der Waals surface area contributed by atoms with Gasteiger partial charge in [0, 0.05) is 85.7 Å². The van der Waals surface area contributed by atoms with Crippen LogP contribution >= 0.6 is 35.3 Å². The monoisotopic (exact) mass is 1580 g/mol. The van der Waals surface area contributed by atoms with Crippen LogP contribution < -0.4 is 61.3 Å². The molecule has 0 aliphatic carbocycles. The van der Waals surface area contributed by atoms with Crippen molar-refractivity contribution in [3.05, 3.63) is 62.8 Å². The molecule has 15 heterocycles. The van der Waals surface area contributed by atoms with E-state index >= 15 is 13.2 Å². The van der Waals surface area contributed by atoms with Gasteiger partial charge in [0.05, 0.1) is 88.0 Å². The van der Waals surface area contributed by atoms with E-state index in [1.807, 2.05) is 27.7 Å². The van der Waals surface area contributed by atoms with Gasteiger partial charge in [0.2, 0.25) is 52.2 Å². The number of aromatic nitrogens is 3. The first-order valence-electron chi connectivity index (χ1n) is 35.5. The van der Waals surface area contributed by atoms with E-state index in [-0.39, 0.29) is 171 Å². The minimum absolute atomic E-state index is 0.0789. The summed E-state index contributed by atoms with van der Waals surface area (Å²) in [5, 5.41) is 28.5. The number of morpholine rings is 3. The molecule has 578 valence electrons. The number of ether oxygens (including phenoxy) is 3. The number of nitrogens with zero attached hydrogens (tertiary/aromatic N) is 12. The molecule has 0 unspecified atom stereocenters. The number of benzene rings is 3. The molecule has 0 radical (unpaired) electrons. The molecule has 110 heavy (non-hydrogen) atoms. The fraction of sp³-hybridized carbons (Fsp3) is 0.515. The predicted molar refractivity (Wildman–Crippen MR) is 386 cm³/mol. The molecule has 15 amide bonds. The van der Waals surface area contributed by atoms with Crippen molar-refractivity contribution in [2.75, 3.05) is 73.6 Å². The molecule has 0 saturated carbocycles. The normalized spacial score (nSPS) is 29.0. The SMILES string of the molecule is CC[C@@H]1CSC(=O)N1c1noc2c(F)c3c(cc12)CC1(C(=O)NC(=O)NC1=O)[C@H]1[C@H](C)O[C@H](C)CN31.CC[C@H]1CSC(=O)N1c1noc2c(F)c3c(cc12)CC1(C(=O)NC(=O)NC1=O)[C@H]1[C@H](C)O[C@H](C)CN31.C[C@@H]1CN2c3c(cc4c(N5C[C@H](CN=[N+]=[N-])SC5=O)noc4c3F)CC3(C(=O)NC(=O)NC3=O)[C@H]2[C@H](C)O1. The summed E-state index contributed by atoms with van der Waals surface area (Å²) in [6, 6.07) is -0.763. The van der Waals surface area contributed by atoms with E-state index in [2.05, 4.69) is 57.4 Å². The van der Waals surface area contributed by atoms with Gasteiger partial charge in [0.15, 0.2) is 51.2 Å². The standard InChI is InChI=1S/2C23H24FN5O6S.C22H21FN8O6S/c2*1-4-12-8-36-22(33)29(12)18-13-5-11-6-23(19(30)25-21(32)26-20(23)31)17-10(3)34-9(2)7-28(17)15(11)14(24)16(13)35-27-18;1-8-6-30-14-10(4-22(16(30)9(2)36-8)18(32)26-20(34)27-19(22)33)3-12-15(13(14)23)37-28-17(12)31-7-11(5-25-29-24)38-21(31)35/h2*5,9-10,12,17H,4,6-8H2,1-3H3,(H2,25,26,30,31,32);3,8-9,11,16H,4-7H2,1-2H3,(H2,26,27,32,33,34)/t9-,10+,12+,17-;9-,10+,12-,17-;8-,9+,11+,16-/m111/s1. The third-order valence-corrected chi connectivity index (χ3v) is 25.7. The Bertz CT molecular complexity index is 4890. The average molecular weight is 1580 g/mol. The first-order valence-corrected chi connectivity index (χ1v) is 38.3. The highest BCUT2D eigenvalue weighted by Gasteiger charge is 2.67. The van der Waals surface area contributed by atoms with E-state index in [1.165, 1.54) is 14.7 Å². The second kappa shape index (κ2) is 27.0. The Balaban J connectivity index is 0.000000125. The Morgan fingerprint density at radius 3 is 1.13 bits per heavy atom. The number of hydrogen-bond acceptors (Lipinski definition) is 28. The molecular weight excluding hydrogens is 1510 g/mol. The van der Waals surface area contributed by atoms with Crippen molar-refractivity contribution < 1.29 is 98.5 Å². The summed E-state index contributed by atoms with van der Waals surface area (Å²) < 4.78 is 82.7.